The molecule has 0 spiro atoms. The first-order chi connectivity index (χ1) is 19.7. The van der Waals surface area contributed by atoms with Gasteiger partial charge in [-0.15, -0.1) is 11.8 Å². The topological polar surface area (TPSA) is 94.8 Å². The molecule has 216 valence electrons. The van der Waals surface area contributed by atoms with Crippen molar-refractivity contribution in [2.45, 2.75) is 36.9 Å². The van der Waals surface area contributed by atoms with Crippen LogP contribution in [0.2, 0.25) is 0 Å². The zero-order valence-electron chi connectivity index (χ0n) is 22.4. The van der Waals surface area contributed by atoms with Crippen LogP contribution in [0.15, 0.2) is 75.2 Å². The number of halogens is 3. The van der Waals surface area contributed by atoms with Gasteiger partial charge in [0.25, 0.3) is 5.91 Å². The summed E-state index contributed by atoms with van der Waals surface area (Å²) in [6, 6.07) is 9.91. The lowest BCUT2D eigenvalue weighted by Crippen LogP contribution is -2.26. The number of aromatic nitrogens is 2. The summed E-state index contributed by atoms with van der Waals surface area (Å²) < 4.78 is 55.0. The quantitative estimate of drug-likeness (QED) is 0.142. The number of hydrogen-bond donors (Lipinski definition) is 0. The number of carbonyl (C=O) groups excluding carboxylic acids is 1. The van der Waals surface area contributed by atoms with Crippen LogP contribution in [0.5, 0.6) is 11.6 Å². The molecule has 0 bridgehead atoms. The van der Waals surface area contributed by atoms with E-state index in [1.54, 1.807) is 37.0 Å². The highest BCUT2D eigenvalue weighted by Crippen LogP contribution is 2.34. The van der Waals surface area contributed by atoms with Gasteiger partial charge in [-0.1, -0.05) is 6.07 Å². The molecule has 4 rings (SSSR count). The maximum absolute atomic E-state index is 13.0. The summed E-state index contributed by atoms with van der Waals surface area (Å²) in [5.41, 5.74) is -0.362. The predicted octanol–water partition coefficient (Wildman–Crippen LogP) is 6.22. The summed E-state index contributed by atoms with van der Waals surface area (Å²) in [4.78, 5) is 35.4. The number of amides is 1. The number of thioether (sulfide) groups is 1. The van der Waals surface area contributed by atoms with E-state index in [9.17, 15) is 22.8 Å². The van der Waals surface area contributed by atoms with E-state index in [1.165, 1.54) is 42.8 Å². The Kier molecular flexibility index (Phi) is 9.87. The van der Waals surface area contributed by atoms with E-state index in [-0.39, 0.29) is 23.6 Å². The normalized spacial score (nSPS) is 11.4. The molecule has 0 aliphatic heterocycles. The van der Waals surface area contributed by atoms with E-state index in [0.29, 0.717) is 41.1 Å². The molecule has 0 fully saturated rings. The molecule has 4 aromatic rings. The number of ether oxygens (including phenoxy) is 2. The third-order valence-corrected chi connectivity index (χ3v) is 7.28. The van der Waals surface area contributed by atoms with Crippen LogP contribution >= 0.6 is 11.8 Å². The highest BCUT2D eigenvalue weighted by molar-refractivity contribution is 7.99. The van der Waals surface area contributed by atoms with Crippen LogP contribution in [-0.4, -0.2) is 47.3 Å². The van der Waals surface area contributed by atoms with Gasteiger partial charge in [0, 0.05) is 41.9 Å². The molecule has 12 heteroatoms. The van der Waals surface area contributed by atoms with Gasteiger partial charge in [0.15, 0.2) is 0 Å². The van der Waals surface area contributed by atoms with Gasteiger partial charge in [0.2, 0.25) is 17.1 Å². The summed E-state index contributed by atoms with van der Waals surface area (Å²) in [6.07, 6.45) is 2.18. The van der Waals surface area contributed by atoms with Crippen molar-refractivity contribution in [3.8, 4) is 11.6 Å². The van der Waals surface area contributed by atoms with Crippen molar-refractivity contribution in [1.29, 1.82) is 0 Å². The van der Waals surface area contributed by atoms with Crippen molar-refractivity contribution in [2.24, 2.45) is 0 Å². The molecular formula is C29H28F3N3O5S. The largest absolute Gasteiger partial charge is 0.487 e. The van der Waals surface area contributed by atoms with Crippen molar-refractivity contribution in [2.75, 3.05) is 26.5 Å². The Morgan fingerprint density at radius 3 is 2.61 bits per heavy atom. The number of carbonyl (C=O) groups is 1. The number of alkyl halides is 3. The van der Waals surface area contributed by atoms with Gasteiger partial charge in [-0.25, -0.2) is 4.98 Å². The molecule has 41 heavy (non-hydrogen) atoms. The monoisotopic (exact) mass is 587 g/mol. The number of unbranched alkanes of at least 4 members (excludes halogenated alkanes) is 2. The first-order valence-electron chi connectivity index (χ1n) is 12.7. The summed E-state index contributed by atoms with van der Waals surface area (Å²) in [5.74, 6) is 1.30. The van der Waals surface area contributed by atoms with Gasteiger partial charge >= 0.3 is 6.18 Å². The fraction of sp³-hybridized carbons (Fsp3) is 0.310. The zero-order valence-corrected chi connectivity index (χ0v) is 23.3. The summed E-state index contributed by atoms with van der Waals surface area (Å²) >= 11 is 1.56. The van der Waals surface area contributed by atoms with E-state index in [2.05, 4.69) is 9.97 Å². The number of fused-ring (bicyclic) bond motifs is 1. The Morgan fingerprint density at radius 1 is 1.07 bits per heavy atom. The molecule has 0 radical (unpaired) electrons. The molecule has 0 atom stereocenters. The maximum Gasteiger partial charge on any atom is 0.416 e. The van der Waals surface area contributed by atoms with Gasteiger partial charge in [0.05, 0.1) is 36.9 Å². The fourth-order valence-electron chi connectivity index (χ4n) is 3.95. The predicted molar refractivity (Wildman–Crippen MR) is 148 cm³/mol. The van der Waals surface area contributed by atoms with Gasteiger partial charge in [-0.05, 0) is 49.3 Å². The average molecular weight is 588 g/mol. The molecule has 1 amide bonds. The van der Waals surface area contributed by atoms with Crippen LogP contribution in [0, 0.1) is 0 Å². The molecule has 0 N–H and O–H groups in total. The van der Waals surface area contributed by atoms with Gasteiger partial charge in [0.1, 0.15) is 12.0 Å². The molecular weight excluding hydrogens is 559 g/mol. The van der Waals surface area contributed by atoms with Crippen LogP contribution in [0.3, 0.4) is 0 Å². The van der Waals surface area contributed by atoms with E-state index in [0.717, 1.165) is 35.6 Å². The third-order valence-electron chi connectivity index (χ3n) is 6.12. The van der Waals surface area contributed by atoms with Crippen LogP contribution in [0.25, 0.3) is 10.9 Å². The molecule has 0 unspecified atom stereocenters. The van der Waals surface area contributed by atoms with Crippen molar-refractivity contribution >= 4 is 28.6 Å². The lowest BCUT2D eigenvalue weighted by molar-refractivity contribution is -0.137. The highest BCUT2D eigenvalue weighted by Gasteiger charge is 2.30. The SMILES string of the molecule is COc1ccc(C(=O)N(C)Cc2cc(=O)c(OCCCCCSc3ccnc4cc(C(F)(F)F)ccc34)co2)cn1. The minimum Gasteiger partial charge on any atom is -0.487 e. The Hall–Kier alpha value is -4.06. The number of pyridine rings is 2. The lowest BCUT2D eigenvalue weighted by Gasteiger charge is -2.16. The second-order valence-corrected chi connectivity index (χ2v) is 10.3. The van der Waals surface area contributed by atoms with Crippen molar-refractivity contribution in [1.82, 2.24) is 14.9 Å². The molecule has 0 aliphatic carbocycles. The summed E-state index contributed by atoms with van der Waals surface area (Å²) in [7, 11) is 3.08. The smallest absolute Gasteiger partial charge is 0.416 e. The first kappa shape index (κ1) is 29.9. The summed E-state index contributed by atoms with van der Waals surface area (Å²) in [6.45, 7) is 0.421. The van der Waals surface area contributed by atoms with Crippen LogP contribution in [0.4, 0.5) is 13.2 Å². The molecule has 3 heterocycles. The Labute approximate surface area is 238 Å². The average Bonchev–Trinajstić information content (AvgIpc) is 2.96. The minimum atomic E-state index is -4.41. The van der Waals surface area contributed by atoms with Crippen molar-refractivity contribution in [3.05, 3.63) is 88.2 Å². The molecule has 8 nitrogen and oxygen atoms in total. The van der Waals surface area contributed by atoms with Crippen LogP contribution in [-0.2, 0) is 12.7 Å². The van der Waals surface area contributed by atoms with E-state index in [4.69, 9.17) is 13.9 Å². The standard InChI is InChI=1S/C29H28F3N3O5S/c1-35(28(37)19-6-9-27(38-2)34-16-19)17-21-15-24(36)25(18-40-21)39-12-4-3-5-13-41-26-10-11-33-23-14-20(29(30,31)32)7-8-22(23)26/h6-11,14-16,18H,3-5,12-13,17H2,1-2H3. The van der Waals surface area contributed by atoms with Crippen molar-refractivity contribution in [3.63, 3.8) is 0 Å². The molecule has 0 saturated carbocycles. The Balaban J connectivity index is 1.19. The Morgan fingerprint density at radius 2 is 1.90 bits per heavy atom. The second kappa shape index (κ2) is 13.5. The van der Waals surface area contributed by atoms with Gasteiger partial charge in [-0.2, -0.15) is 13.2 Å². The summed E-state index contributed by atoms with van der Waals surface area (Å²) in [5, 5.41) is 0.692. The van der Waals surface area contributed by atoms with Crippen LogP contribution in [0.1, 0.15) is 40.9 Å². The molecule has 3 aromatic heterocycles. The lowest BCUT2D eigenvalue weighted by atomic mass is 10.1. The van der Waals surface area contributed by atoms with E-state index in [1.807, 2.05) is 0 Å². The number of methoxy groups -OCH3 is 1. The van der Waals surface area contributed by atoms with Gasteiger partial charge in [-0.3, -0.25) is 14.6 Å². The Bertz CT molecular complexity index is 1540. The minimum absolute atomic E-state index is 0.0916. The molecule has 0 aliphatic rings. The number of hydrogen-bond acceptors (Lipinski definition) is 8. The van der Waals surface area contributed by atoms with E-state index >= 15 is 0 Å². The number of benzene rings is 1. The number of rotatable bonds is 12. The van der Waals surface area contributed by atoms with Crippen molar-refractivity contribution < 1.29 is 31.9 Å². The highest BCUT2D eigenvalue weighted by atomic mass is 32.2. The molecule has 0 saturated heterocycles. The zero-order chi connectivity index (χ0) is 29.4. The second-order valence-electron chi connectivity index (χ2n) is 9.12. The fourth-order valence-corrected chi connectivity index (χ4v) is 5.00. The van der Waals surface area contributed by atoms with E-state index < -0.39 is 11.7 Å². The van der Waals surface area contributed by atoms with Crippen LogP contribution < -0.4 is 14.9 Å². The third kappa shape index (κ3) is 8.00. The number of nitrogens with zero attached hydrogens (tertiary/aromatic N) is 3. The molecule has 1 aromatic carbocycles. The van der Waals surface area contributed by atoms with Gasteiger partial charge < -0.3 is 18.8 Å². The first-order valence-corrected chi connectivity index (χ1v) is 13.7. The maximum atomic E-state index is 13.0.